The molecule has 0 spiro atoms. The number of likely N-dealkylation sites (tertiary alicyclic amines) is 1. The Morgan fingerprint density at radius 3 is 1.91 bits per heavy atom. The van der Waals surface area contributed by atoms with E-state index in [1.165, 1.54) is 5.56 Å². The normalized spacial score (nSPS) is 18.4. The molecule has 1 aliphatic rings. The number of benzene rings is 3. The quantitative estimate of drug-likeness (QED) is 0.390. The fourth-order valence-electron chi connectivity index (χ4n) is 5.53. The molecule has 0 aliphatic carbocycles. The van der Waals surface area contributed by atoms with Crippen molar-refractivity contribution in [1.82, 2.24) is 4.90 Å². The van der Waals surface area contributed by atoms with E-state index in [9.17, 15) is 10.2 Å². The number of rotatable bonds is 8. The van der Waals surface area contributed by atoms with E-state index in [2.05, 4.69) is 49.9 Å². The van der Waals surface area contributed by atoms with Crippen LogP contribution in [0.25, 0.3) is 0 Å². The second-order valence-corrected chi connectivity index (χ2v) is 11.1. The Morgan fingerprint density at radius 2 is 1.37 bits per heavy atom. The third-order valence-corrected chi connectivity index (χ3v) is 7.61. The van der Waals surface area contributed by atoms with Gasteiger partial charge in [-0.25, -0.2) is 0 Å². The minimum atomic E-state index is -1.07. The van der Waals surface area contributed by atoms with Crippen molar-refractivity contribution in [2.75, 3.05) is 13.1 Å². The van der Waals surface area contributed by atoms with E-state index >= 15 is 0 Å². The van der Waals surface area contributed by atoms with Crippen LogP contribution >= 0.6 is 0 Å². The second kappa shape index (κ2) is 11.1. The second-order valence-electron chi connectivity index (χ2n) is 11.1. The van der Waals surface area contributed by atoms with Crippen LogP contribution in [0.2, 0.25) is 0 Å². The first-order valence-electron chi connectivity index (χ1n) is 13.2. The lowest BCUT2D eigenvalue weighted by atomic mass is 9.76. The lowest BCUT2D eigenvalue weighted by Gasteiger charge is -2.46. The Balaban J connectivity index is 1.48. The van der Waals surface area contributed by atoms with E-state index in [1.54, 1.807) is 0 Å². The molecule has 186 valence electrons. The van der Waals surface area contributed by atoms with Gasteiger partial charge in [0.1, 0.15) is 5.60 Å². The van der Waals surface area contributed by atoms with Crippen LogP contribution in [-0.4, -0.2) is 34.2 Å². The standard InChI is InChI=1S/C32H41NO2/c1-31(2,3)26-21-19-25(20-22-26)29(34)17-12-24-33-23-11-10-18-30(33)32(35,27-13-6-4-7-14-27)28-15-8-5-9-16-28/h4-9,13-16,19-22,29-30,34-35H,10-12,17-18,23-24H2,1-3H3. The van der Waals surface area contributed by atoms with Gasteiger partial charge in [-0.15, -0.1) is 0 Å². The molecule has 35 heavy (non-hydrogen) atoms. The monoisotopic (exact) mass is 471 g/mol. The van der Waals surface area contributed by atoms with E-state index in [4.69, 9.17) is 0 Å². The highest BCUT2D eigenvalue weighted by Crippen LogP contribution is 2.40. The van der Waals surface area contributed by atoms with Crippen molar-refractivity contribution < 1.29 is 10.2 Å². The molecular formula is C32H41NO2. The first-order valence-corrected chi connectivity index (χ1v) is 13.2. The maximum atomic E-state index is 12.3. The molecule has 0 saturated carbocycles. The Bertz CT molecular complexity index is 1000. The van der Waals surface area contributed by atoms with Crippen molar-refractivity contribution in [3.05, 3.63) is 107 Å². The molecule has 1 aliphatic heterocycles. The van der Waals surface area contributed by atoms with Gasteiger partial charge < -0.3 is 10.2 Å². The summed E-state index contributed by atoms with van der Waals surface area (Å²) in [4.78, 5) is 2.46. The fourth-order valence-corrected chi connectivity index (χ4v) is 5.53. The largest absolute Gasteiger partial charge is 0.388 e. The first-order chi connectivity index (χ1) is 16.8. The van der Waals surface area contributed by atoms with Gasteiger partial charge in [0.2, 0.25) is 0 Å². The Morgan fingerprint density at radius 1 is 0.800 bits per heavy atom. The van der Waals surface area contributed by atoms with Gasteiger partial charge in [-0.2, -0.15) is 0 Å². The average Bonchev–Trinajstić information content (AvgIpc) is 2.89. The average molecular weight is 472 g/mol. The summed E-state index contributed by atoms with van der Waals surface area (Å²) in [5.74, 6) is 0. The van der Waals surface area contributed by atoms with Crippen LogP contribution in [0.3, 0.4) is 0 Å². The van der Waals surface area contributed by atoms with Gasteiger partial charge >= 0.3 is 0 Å². The lowest BCUT2D eigenvalue weighted by molar-refractivity contribution is -0.0394. The molecule has 0 radical (unpaired) electrons. The van der Waals surface area contributed by atoms with Crippen molar-refractivity contribution in [1.29, 1.82) is 0 Å². The number of aliphatic hydroxyl groups excluding tert-OH is 1. The smallest absolute Gasteiger partial charge is 0.130 e. The number of hydrogen-bond donors (Lipinski definition) is 2. The van der Waals surface area contributed by atoms with Crippen LogP contribution in [0, 0.1) is 0 Å². The number of nitrogens with zero attached hydrogens (tertiary/aromatic N) is 1. The molecular weight excluding hydrogens is 430 g/mol. The van der Waals surface area contributed by atoms with Crippen LogP contribution in [-0.2, 0) is 11.0 Å². The summed E-state index contributed by atoms with van der Waals surface area (Å²) >= 11 is 0. The molecule has 3 aromatic rings. The van der Waals surface area contributed by atoms with Crippen LogP contribution in [0.1, 0.15) is 81.2 Å². The van der Waals surface area contributed by atoms with Gasteiger partial charge in [-0.1, -0.05) is 112 Å². The Labute approximate surface area is 211 Å². The lowest BCUT2D eigenvalue weighted by Crippen LogP contribution is -2.54. The highest BCUT2D eigenvalue weighted by Gasteiger charge is 2.43. The number of aliphatic hydroxyl groups is 2. The maximum absolute atomic E-state index is 12.3. The van der Waals surface area contributed by atoms with Gasteiger partial charge in [0.15, 0.2) is 0 Å². The fraction of sp³-hybridized carbons (Fsp3) is 0.438. The van der Waals surface area contributed by atoms with Gasteiger partial charge in [0.25, 0.3) is 0 Å². The molecule has 4 rings (SSSR count). The highest BCUT2D eigenvalue weighted by molar-refractivity contribution is 5.38. The van der Waals surface area contributed by atoms with Crippen molar-refractivity contribution in [3.8, 4) is 0 Å². The number of hydrogen-bond acceptors (Lipinski definition) is 3. The maximum Gasteiger partial charge on any atom is 0.130 e. The zero-order valence-electron chi connectivity index (χ0n) is 21.5. The molecule has 3 aromatic carbocycles. The molecule has 3 heteroatoms. The molecule has 2 N–H and O–H groups in total. The van der Waals surface area contributed by atoms with Gasteiger partial charge in [0, 0.05) is 6.04 Å². The molecule has 1 heterocycles. The van der Waals surface area contributed by atoms with E-state index < -0.39 is 11.7 Å². The predicted octanol–water partition coefficient (Wildman–Crippen LogP) is 6.59. The summed E-state index contributed by atoms with van der Waals surface area (Å²) in [5.41, 5.74) is 3.21. The van der Waals surface area contributed by atoms with Gasteiger partial charge in [-0.3, -0.25) is 4.90 Å². The molecule has 1 saturated heterocycles. The zero-order chi connectivity index (χ0) is 24.9. The first kappa shape index (κ1) is 25.6. The highest BCUT2D eigenvalue weighted by atomic mass is 16.3. The minimum Gasteiger partial charge on any atom is -0.388 e. The predicted molar refractivity (Wildman–Crippen MR) is 144 cm³/mol. The summed E-state index contributed by atoms with van der Waals surface area (Å²) in [7, 11) is 0. The van der Waals surface area contributed by atoms with E-state index in [-0.39, 0.29) is 11.5 Å². The molecule has 2 atom stereocenters. The van der Waals surface area contributed by atoms with E-state index in [1.807, 2.05) is 60.7 Å². The van der Waals surface area contributed by atoms with Gasteiger partial charge in [-0.05, 0) is 66.4 Å². The van der Waals surface area contributed by atoms with Crippen LogP contribution in [0.15, 0.2) is 84.9 Å². The van der Waals surface area contributed by atoms with Crippen molar-refractivity contribution >= 4 is 0 Å². The SMILES string of the molecule is CC(C)(C)c1ccc(C(O)CCCN2CCCCC2C(O)(c2ccccc2)c2ccccc2)cc1. The Hall–Kier alpha value is -2.46. The van der Waals surface area contributed by atoms with Crippen molar-refractivity contribution in [2.45, 2.75) is 76.0 Å². The zero-order valence-corrected chi connectivity index (χ0v) is 21.5. The van der Waals surface area contributed by atoms with Crippen LogP contribution in [0.4, 0.5) is 0 Å². The van der Waals surface area contributed by atoms with Crippen LogP contribution in [0.5, 0.6) is 0 Å². The molecule has 0 amide bonds. The summed E-state index contributed by atoms with van der Waals surface area (Å²) in [6, 6.07) is 28.7. The molecule has 0 bridgehead atoms. The third kappa shape index (κ3) is 5.86. The van der Waals surface area contributed by atoms with Gasteiger partial charge in [0.05, 0.1) is 6.10 Å². The third-order valence-electron chi connectivity index (χ3n) is 7.61. The summed E-state index contributed by atoms with van der Waals surface area (Å²) < 4.78 is 0. The van der Waals surface area contributed by atoms with Crippen molar-refractivity contribution in [3.63, 3.8) is 0 Å². The molecule has 3 nitrogen and oxygen atoms in total. The molecule has 2 unspecified atom stereocenters. The summed E-state index contributed by atoms with van der Waals surface area (Å²) in [5, 5.41) is 23.2. The molecule has 1 fully saturated rings. The summed E-state index contributed by atoms with van der Waals surface area (Å²) in [6.07, 6.45) is 4.36. The number of piperidine rings is 1. The molecule has 0 aromatic heterocycles. The summed E-state index contributed by atoms with van der Waals surface area (Å²) in [6.45, 7) is 8.46. The van der Waals surface area contributed by atoms with Crippen molar-refractivity contribution in [2.24, 2.45) is 0 Å². The Kier molecular flexibility index (Phi) is 8.11. The topological polar surface area (TPSA) is 43.7 Å². The van der Waals surface area contributed by atoms with E-state index in [0.29, 0.717) is 6.42 Å². The van der Waals surface area contributed by atoms with Crippen LogP contribution < -0.4 is 0 Å². The minimum absolute atomic E-state index is 0.00395. The van der Waals surface area contributed by atoms with E-state index in [0.717, 1.165) is 55.5 Å².